The first-order valence-corrected chi connectivity index (χ1v) is 7.91. The molecule has 2 rings (SSSR count). The van der Waals surface area contributed by atoms with Crippen molar-refractivity contribution in [3.05, 3.63) is 39.8 Å². The van der Waals surface area contributed by atoms with Crippen molar-refractivity contribution in [1.29, 1.82) is 5.26 Å². The molecule has 0 atom stereocenters. The van der Waals surface area contributed by atoms with Crippen molar-refractivity contribution in [3.8, 4) is 17.6 Å². The number of thiazole rings is 1. The first-order chi connectivity index (χ1) is 10.7. The van der Waals surface area contributed by atoms with Gasteiger partial charge in [-0.3, -0.25) is 0 Å². The van der Waals surface area contributed by atoms with E-state index in [2.05, 4.69) is 11.1 Å². The minimum atomic E-state index is 0.521. The monoisotopic (exact) mass is 314 g/mol. The number of methoxy groups -OCH3 is 1. The molecule has 0 aliphatic heterocycles. The van der Waals surface area contributed by atoms with Gasteiger partial charge in [-0.1, -0.05) is 19.1 Å². The molecule has 114 valence electrons. The van der Waals surface area contributed by atoms with Crippen LogP contribution < -0.4 is 9.47 Å². The number of benzene rings is 1. The summed E-state index contributed by atoms with van der Waals surface area (Å²) in [5, 5.41) is 12.1. The van der Waals surface area contributed by atoms with E-state index in [0.717, 1.165) is 17.7 Å². The minimum Gasteiger partial charge on any atom is -0.493 e. The quantitative estimate of drug-likeness (QED) is 0.745. The predicted molar refractivity (Wildman–Crippen MR) is 89.1 cm³/mol. The van der Waals surface area contributed by atoms with Gasteiger partial charge >= 0.3 is 0 Å². The number of nitriles is 1. The molecule has 0 bridgehead atoms. The number of para-hydroxylation sites is 1. The highest BCUT2D eigenvalue weighted by atomic mass is 32.1. The summed E-state index contributed by atoms with van der Waals surface area (Å²) in [6.07, 6.45) is 2.70. The van der Waals surface area contributed by atoms with Crippen molar-refractivity contribution in [2.24, 2.45) is 0 Å². The van der Waals surface area contributed by atoms with Gasteiger partial charge in [0.15, 0.2) is 11.5 Å². The Labute approximate surface area is 134 Å². The summed E-state index contributed by atoms with van der Waals surface area (Å²) >= 11 is 1.46. The second-order valence-electron chi connectivity index (χ2n) is 4.69. The van der Waals surface area contributed by atoms with Gasteiger partial charge in [0.25, 0.3) is 0 Å². The van der Waals surface area contributed by atoms with E-state index < -0.39 is 0 Å². The van der Waals surface area contributed by atoms with Crippen LogP contribution in [0.15, 0.2) is 23.6 Å². The second-order valence-corrected chi connectivity index (χ2v) is 5.55. The molecule has 0 fully saturated rings. The van der Waals surface area contributed by atoms with Gasteiger partial charge in [0.05, 0.1) is 19.3 Å². The Morgan fingerprint density at radius 2 is 2.27 bits per heavy atom. The lowest BCUT2D eigenvalue weighted by Crippen LogP contribution is -1.99. The molecule has 0 aliphatic rings. The van der Waals surface area contributed by atoms with E-state index in [1.807, 2.05) is 37.4 Å². The fourth-order valence-electron chi connectivity index (χ4n) is 1.94. The molecular weight excluding hydrogens is 296 g/mol. The number of hydrogen-bond donors (Lipinski definition) is 0. The van der Waals surface area contributed by atoms with E-state index in [9.17, 15) is 5.26 Å². The highest BCUT2D eigenvalue weighted by Gasteiger charge is 2.12. The summed E-state index contributed by atoms with van der Waals surface area (Å²) in [5.41, 5.74) is 2.25. The van der Waals surface area contributed by atoms with Crippen LogP contribution >= 0.6 is 11.3 Å². The van der Waals surface area contributed by atoms with Crippen LogP contribution in [0.25, 0.3) is 11.6 Å². The third kappa shape index (κ3) is 3.66. The molecule has 4 nitrogen and oxygen atoms in total. The lowest BCUT2D eigenvalue weighted by molar-refractivity contribution is 0.293. The van der Waals surface area contributed by atoms with Gasteiger partial charge in [0.1, 0.15) is 11.1 Å². The van der Waals surface area contributed by atoms with Crippen LogP contribution in [0.1, 0.15) is 29.6 Å². The molecule has 1 aromatic heterocycles. The number of rotatable bonds is 6. The Morgan fingerprint density at radius 3 is 2.86 bits per heavy atom. The zero-order valence-electron chi connectivity index (χ0n) is 12.9. The van der Waals surface area contributed by atoms with Crippen molar-refractivity contribution >= 4 is 23.0 Å². The maximum Gasteiger partial charge on any atom is 0.168 e. The van der Waals surface area contributed by atoms with E-state index in [1.54, 1.807) is 13.2 Å². The van der Waals surface area contributed by atoms with Crippen molar-refractivity contribution in [2.75, 3.05) is 13.7 Å². The molecular formula is C17H18N2O2S. The molecule has 0 spiro atoms. The highest BCUT2D eigenvalue weighted by Crippen LogP contribution is 2.34. The van der Waals surface area contributed by atoms with Gasteiger partial charge in [-0.05, 0) is 25.5 Å². The number of nitrogens with zero attached hydrogens (tertiary/aromatic N) is 2. The number of aryl methyl sites for hydroxylation is 1. The number of aromatic nitrogens is 1. The fourth-order valence-corrected chi connectivity index (χ4v) is 2.70. The molecule has 0 unspecified atom stereocenters. The highest BCUT2D eigenvalue weighted by molar-refractivity contribution is 7.11. The first kappa shape index (κ1) is 16.1. The summed E-state index contributed by atoms with van der Waals surface area (Å²) < 4.78 is 11.2. The summed E-state index contributed by atoms with van der Waals surface area (Å²) in [5.74, 6) is 1.32. The molecule has 0 saturated carbocycles. The van der Waals surface area contributed by atoms with Crippen molar-refractivity contribution in [2.45, 2.75) is 20.3 Å². The SMILES string of the molecule is CCCOc1c(/C=C(/C#N)c2nc(C)cs2)cccc1OC. The van der Waals surface area contributed by atoms with Crippen LogP contribution in [0.2, 0.25) is 0 Å². The number of ether oxygens (including phenoxy) is 2. The molecule has 22 heavy (non-hydrogen) atoms. The predicted octanol–water partition coefficient (Wildman–Crippen LogP) is 4.31. The van der Waals surface area contributed by atoms with Gasteiger partial charge in [-0.15, -0.1) is 11.3 Å². The van der Waals surface area contributed by atoms with Gasteiger partial charge < -0.3 is 9.47 Å². The maximum atomic E-state index is 9.42. The molecule has 2 aromatic rings. The second kappa shape index (κ2) is 7.62. The lowest BCUT2D eigenvalue weighted by atomic mass is 10.1. The standard InChI is InChI=1S/C17H18N2O2S/c1-4-8-21-16-13(6-5-7-15(16)20-3)9-14(10-18)17-19-12(2)11-22-17/h5-7,9,11H,4,8H2,1-3H3/b14-9-. The van der Waals surface area contributed by atoms with Crippen LogP contribution in [0, 0.1) is 18.3 Å². The molecule has 1 aromatic carbocycles. The van der Waals surface area contributed by atoms with Gasteiger partial charge in [0, 0.05) is 16.6 Å². The molecule has 1 heterocycles. The largest absolute Gasteiger partial charge is 0.493 e. The summed E-state index contributed by atoms with van der Waals surface area (Å²) in [6.45, 7) is 4.56. The van der Waals surface area contributed by atoms with Crippen molar-refractivity contribution < 1.29 is 9.47 Å². The topological polar surface area (TPSA) is 55.1 Å². The van der Waals surface area contributed by atoms with Gasteiger partial charge in [-0.2, -0.15) is 5.26 Å². The molecule has 0 saturated heterocycles. The molecule has 0 amide bonds. The van der Waals surface area contributed by atoms with E-state index in [0.29, 0.717) is 28.7 Å². The Kier molecular flexibility index (Phi) is 5.56. The average molecular weight is 314 g/mol. The average Bonchev–Trinajstić information content (AvgIpc) is 2.97. The van der Waals surface area contributed by atoms with E-state index in [-0.39, 0.29) is 0 Å². The summed E-state index contributed by atoms with van der Waals surface area (Å²) in [7, 11) is 1.61. The zero-order chi connectivity index (χ0) is 15.9. The third-order valence-corrected chi connectivity index (χ3v) is 3.94. The van der Waals surface area contributed by atoms with E-state index in [1.165, 1.54) is 11.3 Å². The number of allylic oxidation sites excluding steroid dienone is 1. The minimum absolute atomic E-state index is 0.521. The fraction of sp³-hybridized carbons (Fsp3) is 0.294. The Balaban J connectivity index is 2.46. The van der Waals surface area contributed by atoms with Gasteiger partial charge in [-0.25, -0.2) is 4.98 Å². The van der Waals surface area contributed by atoms with Crippen LogP contribution in [0.4, 0.5) is 0 Å². The summed E-state index contributed by atoms with van der Waals surface area (Å²) in [4.78, 5) is 4.37. The summed E-state index contributed by atoms with van der Waals surface area (Å²) in [6, 6.07) is 7.85. The lowest BCUT2D eigenvalue weighted by Gasteiger charge is -2.12. The van der Waals surface area contributed by atoms with Crippen LogP contribution in [0.3, 0.4) is 0 Å². The van der Waals surface area contributed by atoms with Crippen LogP contribution in [-0.4, -0.2) is 18.7 Å². The van der Waals surface area contributed by atoms with E-state index >= 15 is 0 Å². The van der Waals surface area contributed by atoms with Crippen molar-refractivity contribution in [3.63, 3.8) is 0 Å². The van der Waals surface area contributed by atoms with Crippen LogP contribution in [-0.2, 0) is 0 Å². The Hall–Kier alpha value is -2.32. The number of hydrogen-bond acceptors (Lipinski definition) is 5. The van der Waals surface area contributed by atoms with E-state index in [4.69, 9.17) is 9.47 Å². The van der Waals surface area contributed by atoms with Crippen LogP contribution in [0.5, 0.6) is 11.5 Å². The Morgan fingerprint density at radius 1 is 1.45 bits per heavy atom. The maximum absolute atomic E-state index is 9.42. The molecule has 0 N–H and O–H groups in total. The smallest absolute Gasteiger partial charge is 0.168 e. The Bertz CT molecular complexity index is 714. The normalized spacial score (nSPS) is 11.1. The molecule has 0 aliphatic carbocycles. The third-order valence-electron chi connectivity index (χ3n) is 2.95. The van der Waals surface area contributed by atoms with Crippen molar-refractivity contribution in [1.82, 2.24) is 4.98 Å². The zero-order valence-corrected chi connectivity index (χ0v) is 13.7. The molecule has 5 heteroatoms. The molecule has 0 radical (unpaired) electrons. The van der Waals surface area contributed by atoms with Gasteiger partial charge in [0.2, 0.25) is 0 Å². The first-order valence-electron chi connectivity index (χ1n) is 7.03.